The zero-order valence-electron chi connectivity index (χ0n) is 12.2. The second-order valence-electron chi connectivity index (χ2n) is 5.13. The first kappa shape index (κ1) is 15.0. The summed E-state index contributed by atoms with van der Waals surface area (Å²) in [4.78, 5) is 11.1. The summed E-state index contributed by atoms with van der Waals surface area (Å²) in [6.07, 6.45) is 1.22. The van der Waals surface area contributed by atoms with Crippen LogP contribution in [0.5, 0.6) is 0 Å². The molecule has 112 valence electrons. The van der Waals surface area contributed by atoms with Gasteiger partial charge in [-0.2, -0.15) is 0 Å². The minimum atomic E-state index is 0.396. The highest BCUT2D eigenvalue weighted by Crippen LogP contribution is 2.16. The monoisotopic (exact) mass is 280 g/mol. The third kappa shape index (κ3) is 4.29. The van der Waals surface area contributed by atoms with E-state index < -0.39 is 0 Å². The Hall–Kier alpha value is -1.44. The SMILES string of the molecule is CCOCc1nc(NN)cc(NCC2CCN(C)C2)n1. The number of likely N-dealkylation sites (tertiary alicyclic amines) is 1. The van der Waals surface area contributed by atoms with E-state index in [0.29, 0.717) is 30.8 Å². The van der Waals surface area contributed by atoms with Gasteiger partial charge in [0.2, 0.25) is 0 Å². The van der Waals surface area contributed by atoms with E-state index in [1.807, 2.05) is 13.0 Å². The molecule has 2 rings (SSSR count). The number of nitrogens with zero attached hydrogens (tertiary/aromatic N) is 3. The van der Waals surface area contributed by atoms with Crippen molar-refractivity contribution in [1.82, 2.24) is 14.9 Å². The van der Waals surface area contributed by atoms with E-state index in [-0.39, 0.29) is 0 Å². The molecule has 0 amide bonds. The average molecular weight is 280 g/mol. The minimum absolute atomic E-state index is 0.396. The highest BCUT2D eigenvalue weighted by atomic mass is 16.5. The highest BCUT2D eigenvalue weighted by molar-refractivity contribution is 5.46. The summed E-state index contributed by atoms with van der Waals surface area (Å²) in [7, 11) is 2.15. The molecule has 0 bridgehead atoms. The van der Waals surface area contributed by atoms with Crippen LogP contribution in [-0.2, 0) is 11.3 Å². The number of anilines is 2. The first-order valence-electron chi connectivity index (χ1n) is 7.06. The van der Waals surface area contributed by atoms with Crippen LogP contribution in [-0.4, -0.2) is 48.2 Å². The molecule has 1 aliphatic rings. The van der Waals surface area contributed by atoms with Gasteiger partial charge in [0.15, 0.2) is 5.82 Å². The Morgan fingerprint density at radius 2 is 2.25 bits per heavy atom. The van der Waals surface area contributed by atoms with Gasteiger partial charge < -0.3 is 20.4 Å². The summed E-state index contributed by atoms with van der Waals surface area (Å²) in [6, 6.07) is 1.81. The molecular weight excluding hydrogens is 256 g/mol. The van der Waals surface area contributed by atoms with Crippen LogP contribution in [0.2, 0.25) is 0 Å². The van der Waals surface area contributed by atoms with Gasteiger partial charge in [-0.3, -0.25) is 0 Å². The Morgan fingerprint density at radius 1 is 1.45 bits per heavy atom. The lowest BCUT2D eigenvalue weighted by atomic mass is 10.1. The highest BCUT2D eigenvalue weighted by Gasteiger charge is 2.19. The van der Waals surface area contributed by atoms with Gasteiger partial charge in [0.25, 0.3) is 0 Å². The lowest BCUT2D eigenvalue weighted by Crippen LogP contribution is -2.20. The smallest absolute Gasteiger partial charge is 0.158 e. The van der Waals surface area contributed by atoms with E-state index in [2.05, 4.69) is 32.7 Å². The number of hydrogen-bond donors (Lipinski definition) is 3. The van der Waals surface area contributed by atoms with Crippen LogP contribution in [0.3, 0.4) is 0 Å². The molecule has 7 nitrogen and oxygen atoms in total. The zero-order valence-corrected chi connectivity index (χ0v) is 12.2. The molecular formula is C13H24N6O. The van der Waals surface area contributed by atoms with Gasteiger partial charge in [0, 0.05) is 25.8 Å². The molecule has 1 aromatic rings. The third-order valence-electron chi connectivity index (χ3n) is 3.42. The third-order valence-corrected chi connectivity index (χ3v) is 3.42. The van der Waals surface area contributed by atoms with Crippen molar-refractivity contribution in [3.8, 4) is 0 Å². The van der Waals surface area contributed by atoms with E-state index in [9.17, 15) is 0 Å². The molecule has 0 spiro atoms. The van der Waals surface area contributed by atoms with E-state index in [0.717, 1.165) is 18.9 Å². The fourth-order valence-electron chi connectivity index (χ4n) is 2.36. The molecule has 20 heavy (non-hydrogen) atoms. The van der Waals surface area contributed by atoms with Crippen molar-refractivity contribution in [2.45, 2.75) is 20.0 Å². The van der Waals surface area contributed by atoms with Crippen molar-refractivity contribution in [2.24, 2.45) is 11.8 Å². The Bertz CT molecular complexity index is 427. The molecule has 1 aromatic heterocycles. The maximum Gasteiger partial charge on any atom is 0.158 e. The summed E-state index contributed by atoms with van der Waals surface area (Å²) in [5, 5.41) is 3.37. The molecule has 1 aliphatic heterocycles. The maximum atomic E-state index is 5.44. The van der Waals surface area contributed by atoms with Crippen LogP contribution in [0.15, 0.2) is 6.07 Å². The van der Waals surface area contributed by atoms with Gasteiger partial charge in [-0.1, -0.05) is 0 Å². The largest absolute Gasteiger partial charge is 0.374 e. The summed E-state index contributed by atoms with van der Waals surface area (Å²) < 4.78 is 5.34. The molecule has 7 heteroatoms. The van der Waals surface area contributed by atoms with E-state index in [4.69, 9.17) is 10.6 Å². The van der Waals surface area contributed by atoms with Crippen molar-refractivity contribution in [3.05, 3.63) is 11.9 Å². The normalized spacial score (nSPS) is 19.2. The molecule has 1 fully saturated rings. The predicted molar refractivity (Wildman–Crippen MR) is 79.3 cm³/mol. The van der Waals surface area contributed by atoms with E-state index >= 15 is 0 Å². The first-order valence-corrected chi connectivity index (χ1v) is 7.06. The number of ether oxygens (including phenoxy) is 1. The van der Waals surface area contributed by atoms with Crippen LogP contribution in [0.1, 0.15) is 19.2 Å². The number of nitrogens with one attached hydrogen (secondary N) is 2. The Balaban J connectivity index is 1.95. The number of aromatic nitrogens is 2. The second kappa shape index (κ2) is 7.37. The van der Waals surface area contributed by atoms with Crippen molar-refractivity contribution >= 4 is 11.6 Å². The standard InChI is InChI=1S/C13H24N6O/c1-3-20-9-13-16-11(6-12(17-13)18-14)15-7-10-4-5-19(2)8-10/h6,10H,3-5,7-9,14H2,1-2H3,(H2,15,16,17,18). The Morgan fingerprint density at radius 3 is 2.90 bits per heavy atom. The topological polar surface area (TPSA) is 88.3 Å². The first-order chi connectivity index (χ1) is 9.71. The summed E-state index contributed by atoms with van der Waals surface area (Å²) >= 11 is 0. The van der Waals surface area contributed by atoms with E-state index in [1.54, 1.807) is 0 Å². The number of hydrogen-bond acceptors (Lipinski definition) is 7. The molecule has 1 unspecified atom stereocenters. The summed E-state index contributed by atoms with van der Waals surface area (Å²) in [5.74, 6) is 8.12. The molecule has 0 radical (unpaired) electrons. The number of rotatable bonds is 7. The molecule has 4 N–H and O–H groups in total. The van der Waals surface area contributed by atoms with Gasteiger partial charge in [-0.15, -0.1) is 0 Å². The zero-order chi connectivity index (χ0) is 14.4. The molecule has 0 saturated carbocycles. The quantitative estimate of drug-likeness (QED) is 0.499. The number of hydrazine groups is 1. The van der Waals surface area contributed by atoms with Crippen molar-refractivity contribution in [1.29, 1.82) is 0 Å². The van der Waals surface area contributed by atoms with Crippen LogP contribution >= 0.6 is 0 Å². The Kier molecular flexibility index (Phi) is 5.51. The molecule has 1 atom stereocenters. The summed E-state index contributed by atoms with van der Waals surface area (Å²) in [6.45, 7) is 6.20. The number of nitrogen functional groups attached to an aromatic ring is 1. The predicted octanol–water partition coefficient (Wildman–Crippen LogP) is 0.662. The molecule has 0 aliphatic carbocycles. The fourth-order valence-corrected chi connectivity index (χ4v) is 2.36. The lowest BCUT2D eigenvalue weighted by molar-refractivity contribution is 0.128. The van der Waals surface area contributed by atoms with Crippen LogP contribution < -0.4 is 16.6 Å². The van der Waals surface area contributed by atoms with Crippen molar-refractivity contribution < 1.29 is 4.74 Å². The van der Waals surface area contributed by atoms with Crippen LogP contribution in [0.25, 0.3) is 0 Å². The van der Waals surface area contributed by atoms with Crippen molar-refractivity contribution in [3.63, 3.8) is 0 Å². The molecule has 1 saturated heterocycles. The van der Waals surface area contributed by atoms with Crippen LogP contribution in [0.4, 0.5) is 11.6 Å². The van der Waals surface area contributed by atoms with Gasteiger partial charge in [0.1, 0.15) is 18.2 Å². The summed E-state index contributed by atoms with van der Waals surface area (Å²) in [5.41, 5.74) is 2.56. The second-order valence-corrected chi connectivity index (χ2v) is 5.13. The average Bonchev–Trinajstić information content (AvgIpc) is 2.88. The fraction of sp³-hybridized carbons (Fsp3) is 0.692. The van der Waals surface area contributed by atoms with Gasteiger partial charge in [0.05, 0.1) is 0 Å². The van der Waals surface area contributed by atoms with Gasteiger partial charge >= 0.3 is 0 Å². The van der Waals surface area contributed by atoms with Crippen molar-refractivity contribution in [2.75, 3.05) is 44.0 Å². The Labute approximate surface area is 119 Å². The molecule has 2 heterocycles. The van der Waals surface area contributed by atoms with Gasteiger partial charge in [-0.25, -0.2) is 15.8 Å². The minimum Gasteiger partial charge on any atom is -0.374 e. The maximum absolute atomic E-state index is 5.44. The number of nitrogens with two attached hydrogens (primary N) is 1. The lowest BCUT2D eigenvalue weighted by Gasteiger charge is -2.13. The van der Waals surface area contributed by atoms with Gasteiger partial charge in [-0.05, 0) is 32.9 Å². The molecule has 0 aromatic carbocycles. The van der Waals surface area contributed by atoms with Crippen LogP contribution in [0, 0.1) is 5.92 Å². The van der Waals surface area contributed by atoms with E-state index in [1.165, 1.54) is 13.0 Å².